The molecule has 0 atom stereocenters. The first-order valence-corrected chi connectivity index (χ1v) is 8.37. The SMILES string of the molecule is Cl.O=C(CNCC1CC1)Nc1cc(C(F)(F)F)ccc1SCC(F)F. The van der Waals surface area contributed by atoms with Crippen LogP contribution in [0.3, 0.4) is 0 Å². The molecule has 1 aromatic carbocycles. The molecule has 142 valence electrons. The third-order valence-electron chi connectivity index (χ3n) is 3.36. The Kier molecular flexibility index (Phi) is 8.43. The Morgan fingerprint density at radius 1 is 1.28 bits per heavy atom. The summed E-state index contributed by atoms with van der Waals surface area (Å²) in [5.74, 6) is -0.508. The molecule has 1 saturated carbocycles. The fraction of sp³-hybridized carbons (Fsp3) is 0.533. The highest BCUT2D eigenvalue weighted by molar-refractivity contribution is 7.99. The van der Waals surface area contributed by atoms with Crippen LogP contribution >= 0.6 is 24.2 Å². The third-order valence-corrected chi connectivity index (χ3v) is 4.45. The third kappa shape index (κ3) is 7.79. The number of rotatable bonds is 8. The topological polar surface area (TPSA) is 41.1 Å². The highest BCUT2D eigenvalue weighted by atomic mass is 35.5. The molecule has 2 rings (SSSR count). The van der Waals surface area contributed by atoms with E-state index in [1.807, 2.05) is 0 Å². The predicted octanol–water partition coefficient (Wildman–Crippen LogP) is 4.42. The molecular weight excluding hydrogens is 387 g/mol. The van der Waals surface area contributed by atoms with Gasteiger partial charge in [0.05, 0.1) is 23.5 Å². The van der Waals surface area contributed by atoms with Crippen LogP contribution in [0.25, 0.3) is 0 Å². The maximum atomic E-state index is 12.8. The van der Waals surface area contributed by atoms with Crippen molar-refractivity contribution in [1.82, 2.24) is 5.32 Å². The first-order valence-electron chi connectivity index (χ1n) is 7.38. The minimum absolute atomic E-state index is 0. The minimum atomic E-state index is -4.57. The van der Waals surface area contributed by atoms with Gasteiger partial charge in [-0.25, -0.2) is 8.78 Å². The molecule has 0 heterocycles. The Labute approximate surface area is 152 Å². The van der Waals surface area contributed by atoms with E-state index in [-0.39, 0.29) is 29.5 Å². The second kappa shape index (κ2) is 9.59. The molecule has 1 aliphatic carbocycles. The molecule has 25 heavy (non-hydrogen) atoms. The van der Waals surface area contributed by atoms with Crippen LogP contribution in [0.15, 0.2) is 23.1 Å². The van der Waals surface area contributed by atoms with E-state index in [4.69, 9.17) is 0 Å². The van der Waals surface area contributed by atoms with Gasteiger partial charge < -0.3 is 10.6 Å². The van der Waals surface area contributed by atoms with E-state index in [0.717, 1.165) is 31.0 Å². The van der Waals surface area contributed by atoms with Gasteiger partial charge in [0, 0.05) is 4.90 Å². The zero-order chi connectivity index (χ0) is 17.7. The predicted molar refractivity (Wildman–Crippen MR) is 89.6 cm³/mol. The summed E-state index contributed by atoms with van der Waals surface area (Å²) in [7, 11) is 0. The first kappa shape index (κ1) is 22.0. The highest BCUT2D eigenvalue weighted by Crippen LogP contribution is 2.36. The lowest BCUT2D eigenvalue weighted by Gasteiger charge is -2.14. The Hall–Kier alpha value is -1.06. The maximum Gasteiger partial charge on any atom is 0.416 e. The lowest BCUT2D eigenvalue weighted by Crippen LogP contribution is -2.29. The van der Waals surface area contributed by atoms with E-state index in [1.165, 1.54) is 0 Å². The number of hydrogen-bond donors (Lipinski definition) is 2. The van der Waals surface area contributed by atoms with Gasteiger partial charge in [-0.1, -0.05) is 0 Å². The van der Waals surface area contributed by atoms with Crippen molar-refractivity contribution in [3.05, 3.63) is 23.8 Å². The van der Waals surface area contributed by atoms with Gasteiger partial charge in [0.25, 0.3) is 0 Å². The number of benzene rings is 1. The van der Waals surface area contributed by atoms with Gasteiger partial charge in [0.2, 0.25) is 12.3 Å². The lowest BCUT2D eigenvalue weighted by atomic mass is 10.2. The van der Waals surface area contributed by atoms with E-state index in [2.05, 4.69) is 10.6 Å². The van der Waals surface area contributed by atoms with E-state index in [1.54, 1.807) is 0 Å². The summed E-state index contributed by atoms with van der Waals surface area (Å²) in [4.78, 5) is 12.0. The van der Waals surface area contributed by atoms with Crippen molar-refractivity contribution in [1.29, 1.82) is 0 Å². The van der Waals surface area contributed by atoms with Gasteiger partial charge in [-0.3, -0.25) is 4.79 Å². The molecule has 3 nitrogen and oxygen atoms in total. The number of amides is 1. The molecule has 0 aliphatic heterocycles. The van der Waals surface area contributed by atoms with Crippen LogP contribution < -0.4 is 10.6 Å². The molecule has 0 saturated heterocycles. The summed E-state index contributed by atoms with van der Waals surface area (Å²) < 4.78 is 63.1. The van der Waals surface area contributed by atoms with Crippen molar-refractivity contribution >= 4 is 35.8 Å². The van der Waals surface area contributed by atoms with Crippen LogP contribution in [0, 0.1) is 5.92 Å². The van der Waals surface area contributed by atoms with Crippen LogP contribution in [-0.4, -0.2) is 31.2 Å². The fourth-order valence-corrected chi connectivity index (χ4v) is 2.72. The number of carbonyl (C=O) groups is 1. The maximum absolute atomic E-state index is 12.8. The van der Waals surface area contributed by atoms with Crippen LogP contribution in [0.4, 0.5) is 27.6 Å². The summed E-state index contributed by atoms with van der Waals surface area (Å²) in [6.07, 6.45) is -4.95. The largest absolute Gasteiger partial charge is 0.416 e. The van der Waals surface area contributed by atoms with Gasteiger partial charge in [0.15, 0.2) is 0 Å². The van der Waals surface area contributed by atoms with Crippen molar-refractivity contribution < 1.29 is 26.7 Å². The second-order valence-corrected chi connectivity index (χ2v) is 6.60. The van der Waals surface area contributed by atoms with Crippen molar-refractivity contribution in [2.75, 3.05) is 24.2 Å². The van der Waals surface area contributed by atoms with Crippen molar-refractivity contribution in [3.63, 3.8) is 0 Å². The van der Waals surface area contributed by atoms with Crippen molar-refractivity contribution in [2.45, 2.75) is 30.3 Å². The Bertz CT molecular complexity index is 582. The molecular formula is C15H18ClF5N2OS. The summed E-state index contributed by atoms with van der Waals surface area (Å²) in [6.45, 7) is 0.648. The summed E-state index contributed by atoms with van der Waals surface area (Å²) in [5, 5.41) is 5.29. The van der Waals surface area contributed by atoms with Crippen LogP contribution in [0.2, 0.25) is 0 Å². The zero-order valence-corrected chi connectivity index (χ0v) is 14.7. The Morgan fingerprint density at radius 3 is 2.52 bits per heavy atom. The average molecular weight is 405 g/mol. The van der Waals surface area contributed by atoms with Crippen molar-refractivity contribution in [3.8, 4) is 0 Å². The molecule has 2 N–H and O–H groups in total. The molecule has 1 aliphatic rings. The number of halogens is 6. The molecule has 1 aromatic rings. The second-order valence-electron chi connectivity index (χ2n) is 5.53. The molecule has 0 spiro atoms. The quantitative estimate of drug-likeness (QED) is 0.497. The normalized spacial score (nSPS) is 14.3. The molecule has 10 heteroatoms. The summed E-state index contributed by atoms with van der Waals surface area (Å²) in [5.41, 5.74) is -1.04. The Balaban J connectivity index is 0.00000312. The van der Waals surface area contributed by atoms with Gasteiger partial charge in [0.1, 0.15) is 0 Å². The number of carbonyl (C=O) groups excluding carboxylic acids is 1. The lowest BCUT2D eigenvalue weighted by molar-refractivity contribution is -0.137. The van der Waals surface area contributed by atoms with Crippen LogP contribution in [-0.2, 0) is 11.0 Å². The van der Waals surface area contributed by atoms with Crippen LogP contribution in [0.5, 0.6) is 0 Å². The van der Waals surface area contributed by atoms with E-state index < -0.39 is 29.8 Å². The van der Waals surface area contributed by atoms with Gasteiger partial charge in [-0.2, -0.15) is 13.2 Å². The molecule has 1 fully saturated rings. The van der Waals surface area contributed by atoms with Crippen molar-refractivity contribution in [2.24, 2.45) is 5.92 Å². The first-order chi connectivity index (χ1) is 11.3. The average Bonchev–Trinajstić information content (AvgIpc) is 3.29. The monoisotopic (exact) mass is 404 g/mol. The smallest absolute Gasteiger partial charge is 0.324 e. The molecule has 0 bridgehead atoms. The van der Waals surface area contributed by atoms with E-state index >= 15 is 0 Å². The standard InChI is InChI=1S/C15H17F5N2OS.ClH/c16-13(17)8-24-12-4-3-10(15(18,19)20)5-11(12)22-14(23)7-21-6-9-1-2-9;/h3-5,9,13,21H,1-2,6-8H2,(H,22,23);1H. The van der Waals surface area contributed by atoms with Crippen LogP contribution in [0.1, 0.15) is 18.4 Å². The number of anilines is 1. The molecule has 0 unspecified atom stereocenters. The van der Waals surface area contributed by atoms with Gasteiger partial charge >= 0.3 is 6.18 Å². The summed E-state index contributed by atoms with van der Waals surface area (Å²) >= 11 is 0.703. The number of alkyl halides is 5. The zero-order valence-electron chi connectivity index (χ0n) is 13.0. The fourth-order valence-electron chi connectivity index (χ4n) is 1.99. The van der Waals surface area contributed by atoms with Gasteiger partial charge in [-0.05, 0) is 43.5 Å². The number of hydrogen-bond acceptors (Lipinski definition) is 3. The molecule has 0 aromatic heterocycles. The summed E-state index contributed by atoms with van der Waals surface area (Å²) in [6, 6.07) is 2.69. The molecule has 1 amide bonds. The highest BCUT2D eigenvalue weighted by Gasteiger charge is 2.31. The number of thioether (sulfide) groups is 1. The van der Waals surface area contributed by atoms with E-state index in [0.29, 0.717) is 24.2 Å². The van der Waals surface area contributed by atoms with Gasteiger partial charge in [-0.15, -0.1) is 24.2 Å². The minimum Gasteiger partial charge on any atom is -0.324 e. The molecule has 0 radical (unpaired) electrons. The number of nitrogens with one attached hydrogen (secondary N) is 2. The Morgan fingerprint density at radius 2 is 1.96 bits per heavy atom. The van der Waals surface area contributed by atoms with E-state index in [9.17, 15) is 26.7 Å².